The van der Waals surface area contributed by atoms with Crippen LogP contribution in [-0.2, 0) is 0 Å². The van der Waals surface area contributed by atoms with Gasteiger partial charge in [0.05, 0.1) is 0 Å². The van der Waals surface area contributed by atoms with E-state index in [0.29, 0.717) is 0 Å². The molecule has 0 N–H and O–H groups in total. The van der Waals surface area contributed by atoms with Crippen molar-refractivity contribution in [3.63, 3.8) is 0 Å². The van der Waals surface area contributed by atoms with Crippen molar-refractivity contribution >= 4 is 0 Å². The van der Waals surface area contributed by atoms with Crippen molar-refractivity contribution in [2.24, 2.45) is 17.8 Å². The molecule has 0 saturated heterocycles. The van der Waals surface area contributed by atoms with Crippen LogP contribution in [0.15, 0.2) is 0 Å². The maximum Gasteiger partial charge on any atom is -0.0386 e. The van der Waals surface area contributed by atoms with Crippen molar-refractivity contribution < 1.29 is 0 Å². The molecule has 0 heteroatoms. The molecule has 0 aliphatic heterocycles. The van der Waals surface area contributed by atoms with Crippen LogP contribution in [-0.4, -0.2) is 0 Å². The van der Waals surface area contributed by atoms with Crippen LogP contribution in [0.5, 0.6) is 0 Å². The quantitative estimate of drug-likeness (QED) is 0.526. The summed E-state index contributed by atoms with van der Waals surface area (Å²) in [6.07, 6.45) is 13.2. The average molecular weight is 210 g/mol. The van der Waals surface area contributed by atoms with Gasteiger partial charge < -0.3 is 0 Å². The van der Waals surface area contributed by atoms with Gasteiger partial charge in [-0.2, -0.15) is 0 Å². The van der Waals surface area contributed by atoms with E-state index >= 15 is 0 Å². The normalized spacial score (nSPS) is 28.2. The minimum absolute atomic E-state index is 0.975. The number of hydrogen-bond donors (Lipinski definition) is 0. The van der Waals surface area contributed by atoms with Crippen molar-refractivity contribution in [2.75, 3.05) is 0 Å². The van der Waals surface area contributed by atoms with E-state index in [9.17, 15) is 0 Å². The smallest absolute Gasteiger partial charge is 0.0386 e. The lowest BCUT2D eigenvalue weighted by Crippen LogP contribution is -2.08. The summed E-state index contributed by atoms with van der Waals surface area (Å²) in [5.74, 6) is 3.13. The number of hydrogen-bond acceptors (Lipinski definition) is 0. The van der Waals surface area contributed by atoms with Crippen LogP contribution < -0.4 is 0 Å². The van der Waals surface area contributed by atoms with Gasteiger partial charge in [0.1, 0.15) is 0 Å². The van der Waals surface area contributed by atoms with Crippen molar-refractivity contribution in [3.8, 4) is 0 Å². The second kappa shape index (κ2) is 7.30. The Morgan fingerprint density at radius 3 is 2.47 bits per heavy atom. The first-order chi connectivity index (χ1) is 7.27. The van der Waals surface area contributed by atoms with E-state index in [1.165, 1.54) is 57.8 Å². The van der Waals surface area contributed by atoms with Crippen LogP contribution in [0.3, 0.4) is 0 Å². The minimum atomic E-state index is 0.975. The van der Waals surface area contributed by atoms with Gasteiger partial charge in [0.15, 0.2) is 0 Å². The fourth-order valence-electron chi connectivity index (χ4n) is 3.23. The summed E-state index contributed by atoms with van der Waals surface area (Å²) in [7, 11) is 0. The highest BCUT2D eigenvalue weighted by molar-refractivity contribution is 4.76. The van der Waals surface area contributed by atoms with Crippen molar-refractivity contribution in [3.05, 3.63) is 0 Å². The Morgan fingerprint density at radius 2 is 1.80 bits per heavy atom. The first-order valence-corrected chi connectivity index (χ1v) is 7.27. The predicted octanol–water partition coefficient (Wildman–Crippen LogP) is 5.42. The molecule has 15 heavy (non-hydrogen) atoms. The maximum atomic E-state index is 2.45. The Kier molecular flexibility index (Phi) is 6.36. The first-order valence-electron chi connectivity index (χ1n) is 7.27. The highest BCUT2D eigenvalue weighted by Crippen LogP contribution is 2.37. The van der Waals surface area contributed by atoms with Gasteiger partial charge in [0, 0.05) is 0 Å². The summed E-state index contributed by atoms with van der Waals surface area (Å²) in [4.78, 5) is 0. The largest absolute Gasteiger partial charge is 0.0654 e. The molecule has 0 aromatic carbocycles. The average Bonchev–Trinajstić information content (AvgIpc) is 2.70. The Morgan fingerprint density at radius 1 is 1.07 bits per heavy atom. The van der Waals surface area contributed by atoms with Crippen LogP contribution in [0.25, 0.3) is 0 Å². The molecule has 3 atom stereocenters. The van der Waals surface area contributed by atoms with E-state index < -0.39 is 0 Å². The molecule has 1 saturated carbocycles. The third kappa shape index (κ3) is 4.57. The standard InChI is InChI=1S/C15H30/c1-4-6-8-13(3)11-12-15-10-7-9-14(15)5-2/h13-15H,4-12H2,1-3H3. The van der Waals surface area contributed by atoms with Gasteiger partial charge in [-0.1, -0.05) is 72.1 Å². The topological polar surface area (TPSA) is 0 Å². The molecule has 0 bridgehead atoms. The van der Waals surface area contributed by atoms with E-state index in [4.69, 9.17) is 0 Å². The molecule has 0 aromatic heterocycles. The van der Waals surface area contributed by atoms with Crippen LogP contribution in [0.4, 0.5) is 0 Å². The van der Waals surface area contributed by atoms with Gasteiger partial charge in [-0.3, -0.25) is 0 Å². The van der Waals surface area contributed by atoms with Crippen molar-refractivity contribution in [1.29, 1.82) is 0 Å². The Hall–Kier alpha value is 0. The second-order valence-corrected chi connectivity index (χ2v) is 5.68. The molecular weight excluding hydrogens is 180 g/mol. The molecule has 1 aliphatic carbocycles. The summed E-state index contributed by atoms with van der Waals surface area (Å²) in [6, 6.07) is 0. The summed E-state index contributed by atoms with van der Waals surface area (Å²) in [5.41, 5.74) is 0. The Bertz CT molecular complexity index is 150. The third-order valence-corrected chi connectivity index (χ3v) is 4.42. The molecule has 0 spiro atoms. The lowest BCUT2D eigenvalue weighted by molar-refractivity contribution is 0.317. The number of unbranched alkanes of at least 4 members (excludes halogenated alkanes) is 1. The van der Waals surface area contributed by atoms with Crippen molar-refractivity contribution in [2.45, 2.75) is 78.6 Å². The molecule has 1 rings (SSSR count). The molecule has 0 radical (unpaired) electrons. The molecule has 1 fully saturated rings. The van der Waals surface area contributed by atoms with Crippen LogP contribution in [0, 0.1) is 17.8 Å². The van der Waals surface area contributed by atoms with E-state index in [-0.39, 0.29) is 0 Å². The fraction of sp³-hybridized carbons (Fsp3) is 1.00. The fourth-order valence-corrected chi connectivity index (χ4v) is 3.23. The lowest BCUT2D eigenvalue weighted by atomic mass is 9.86. The zero-order valence-corrected chi connectivity index (χ0v) is 11.1. The van der Waals surface area contributed by atoms with E-state index in [1.54, 1.807) is 0 Å². The summed E-state index contributed by atoms with van der Waals surface area (Å²) < 4.78 is 0. The SMILES string of the molecule is CCCCC(C)CCC1CCCC1CC. The molecule has 0 amide bonds. The zero-order chi connectivity index (χ0) is 11.1. The predicted molar refractivity (Wildman–Crippen MR) is 69.0 cm³/mol. The monoisotopic (exact) mass is 210 g/mol. The number of rotatable bonds is 7. The molecular formula is C15H30. The van der Waals surface area contributed by atoms with E-state index in [1.807, 2.05) is 0 Å². The highest BCUT2D eigenvalue weighted by Gasteiger charge is 2.25. The first kappa shape index (κ1) is 13.1. The molecule has 1 aliphatic rings. The summed E-state index contributed by atoms with van der Waals surface area (Å²) in [5, 5.41) is 0. The van der Waals surface area contributed by atoms with Gasteiger partial charge in [-0.25, -0.2) is 0 Å². The summed E-state index contributed by atoms with van der Waals surface area (Å²) in [6.45, 7) is 7.13. The van der Waals surface area contributed by atoms with Gasteiger partial charge >= 0.3 is 0 Å². The minimum Gasteiger partial charge on any atom is -0.0654 e. The zero-order valence-electron chi connectivity index (χ0n) is 11.1. The van der Waals surface area contributed by atoms with Crippen LogP contribution in [0.2, 0.25) is 0 Å². The van der Waals surface area contributed by atoms with Gasteiger partial charge in [0.2, 0.25) is 0 Å². The van der Waals surface area contributed by atoms with Crippen molar-refractivity contribution in [1.82, 2.24) is 0 Å². The molecule has 0 aromatic rings. The van der Waals surface area contributed by atoms with Gasteiger partial charge in [0.25, 0.3) is 0 Å². The summed E-state index contributed by atoms with van der Waals surface area (Å²) >= 11 is 0. The van der Waals surface area contributed by atoms with Gasteiger partial charge in [-0.05, 0) is 24.2 Å². The van der Waals surface area contributed by atoms with Crippen LogP contribution in [0.1, 0.15) is 78.6 Å². The third-order valence-electron chi connectivity index (χ3n) is 4.42. The lowest BCUT2D eigenvalue weighted by Gasteiger charge is -2.20. The molecule has 0 nitrogen and oxygen atoms in total. The maximum absolute atomic E-state index is 2.45. The second-order valence-electron chi connectivity index (χ2n) is 5.68. The van der Waals surface area contributed by atoms with E-state index in [2.05, 4.69) is 20.8 Å². The Labute approximate surface area is 96.8 Å². The van der Waals surface area contributed by atoms with Crippen LogP contribution >= 0.6 is 0 Å². The molecule has 90 valence electrons. The van der Waals surface area contributed by atoms with E-state index in [0.717, 1.165) is 17.8 Å². The highest BCUT2D eigenvalue weighted by atomic mass is 14.3. The molecule has 0 heterocycles. The van der Waals surface area contributed by atoms with Gasteiger partial charge in [-0.15, -0.1) is 0 Å². The Balaban J connectivity index is 2.12. The molecule has 3 unspecified atom stereocenters.